The van der Waals surface area contributed by atoms with Gasteiger partial charge in [0.05, 0.1) is 0 Å². The van der Waals surface area contributed by atoms with E-state index in [1.54, 1.807) is 0 Å². The van der Waals surface area contributed by atoms with Crippen LogP contribution < -0.4 is 4.90 Å². The second-order valence-electron chi connectivity index (χ2n) is 8.96. The Hall–Kier alpha value is -2.80. The number of para-hydroxylation sites is 1. The number of likely N-dealkylation sites (N-methyl/N-ethyl adjacent to an activating group) is 1. The van der Waals surface area contributed by atoms with E-state index in [-0.39, 0.29) is 10.8 Å². The van der Waals surface area contributed by atoms with Crippen LogP contribution >= 0.6 is 0 Å². The highest BCUT2D eigenvalue weighted by atomic mass is 15.2. The van der Waals surface area contributed by atoms with Crippen molar-refractivity contribution in [3.8, 4) is 0 Å². The summed E-state index contributed by atoms with van der Waals surface area (Å²) in [6.07, 6.45) is 10.7. The van der Waals surface area contributed by atoms with Crippen LogP contribution in [0.1, 0.15) is 44.4 Å². The summed E-state index contributed by atoms with van der Waals surface area (Å²) in [4.78, 5) is 2.30. The van der Waals surface area contributed by atoms with Crippen LogP contribution in [0, 0.1) is 6.92 Å². The van der Waals surface area contributed by atoms with Crippen molar-refractivity contribution < 1.29 is 0 Å². The molecule has 0 bridgehead atoms. The number of benzene rings is 2. The van der Waals surface area contributed by atoms with Crippen LogP contribution in [0.15, 0.2) is 96.8 Å². The Morgan fingerprint density at radius 1 is 0.966 bits per heavy atom. The third-order valence-corrected chi connectivity index (χ3v) is 6.34. The lowest BCUT2D eigenvalue weighted by atomic mass is 9.76. The highest BCUT2D eigenvalue weighted by Gasteiger charge is 2.37. The molecular weight excluding hydrogens is 350 g/mol. The van der Waals surface area contributed by atoms with Crippen molar-refractivity contribution in [3.05, 3.63) is 113 Å². The number of nitrogens with zero attached hydrogens (tertiary/aromatic N) is 1. The maximum absolute atomic E-state index is 4.34. The van der Waals surface area contributed by atoms with Gasteiger partial charge < -0.3 is 4.90 Å². The Labute approximate surface area is 176 Å². The number of anilines is 1. The number of aryl methyl sites for hydroxylation is 1. The normalized spacial score (nSPS) is 17.4. The van der Waals surface area contributed by atoms with E-state index in [9.17, 15) is 0 Å². The van der Waals surface area contributed by atoms with Gasteiger partial charge in [0, 0.05) is 29.3 Å². The molecule has 0 unspecified atom stereocenters. The largest absolute Gasteiger partial charge is 0.347 e. The number of hydrogen-bond acceptors (Lipinski definition) is 1. The molecule has 2 aromatic carbocycles. The molecular formula is C28H33N. The zero-order valence-electron chi connectivity index (χ0n) is 18.7. The van der Waals surface area contributed by atoms with Gasteiger partial charge in [0.25, 0.3) is 0 Å². The van der Waals surface area contributed by atoms with Gasteiger partial charge in [-0.2, -0.15) is 0 Å². The maximum atomic E-state index is 4.34. The van der Waals surface area contributed by atoms with Gasteiger partial charge in [-0.25, -0.2) is 0 Å². The molecule has 0 saturated heterocycles. The average molecular weight is 384 g/mol. The first kappa shape index (κ1) is 20.9. The quantitative estimate of drug-likeness (QED) is 0.491. The molecule has 150 valence electrons. The average Bonchev–Trinajstić information content (AvgIpc) is 2.88. The van der Waals surface area contributed by atoms with Crippen LogP contribution in [-0.4, -0.2) is 7.05 Å². The molecule has 3 rings (SSSR count). The Morgan fingerprint density at radius 3 is 2.31 bits per heavy atom. The summed E-state index contributed by atoms with van der Waals surface area (Å²) >= 11 is 0. The SMILES string of the molecule is C=C(/C=C/C=C/C=C1/N(C)c2ccccc2C1(C)C)C(C)(C)c1ccccc1C. The van der Waals surface area contributed by atoms with Gasteiger partial charge >= 0.3 is 0 Å². The Morgan fingerprint density at radius 2 is 1.62 bits per heavy atom. The summed E-state index contributed by atoms with van der Waals surface area (Å²) in [5.41, 5.74) is 7.63. The molecule has 0 aromatic heterocycles. The van der Waals surface area contributed by atoms with Crippen molar-refractivity contribution in [3.63, 3.8) is 0 Å². The van der Waals surface area contributed by atoms with E-state index >= 15 is 0 Å². The van der Waals surface area contributed by atoms with E-state index in [0.29, 0.717) is 0 Å². The van der Waals surface area contributed by atoms with Gasteiger partial charge in [-0.15, -0.1) is 0 Å². The third-order valence-electron chi connectivity index (χ3n) is 6.34. The van der Waals surface area contributed by atoms with E-state index in [1.165, 1.54) is 28.1 Å². The van der Waals surface area contributed by atoms with Crippen molar-refractivity contribution in [2.45, 2.75) is 45.4 Å². The van der Waals surface area contributed by atoms with Gasteiger partial charge in [0.15, 0.2) is 0 Å². The molecule has 1 nitrogen and oxygen atoms in total. The van der Waals surface area contributed by atoms with Crippen LogP contribution in [0.5, 0.6) is 0 Å². The second kappa shape index (κ2) is 7.91. The van der Waals surface area contributed by atoms with E-state index in [0.717, 1.165) is 5.57 Å². The van der Waals surface area contributed by atoms with Gasteiger partial charge in [0.1, 0.15) is 0 Å². The fourth-order valence-electron chi connectivity index (χ4n) is 4.34. The predicted octanol–water partition coefficient (Wildman–Crippen LogP) is 7.25. The molecule has 0 amide bonds. The molecule has 0 fully saturated rings. The van der Waals surface area contributed by atoms with Gasteiger partial charge in [0.2, 0.25) is 0 Å². The number of allylic oxidation sites excluding steroid dienone is 7. The Balaban J connectivity index is 1.74. The minimum atomic E-state index is -0.0938. The zero-order chi connectivity index (χ0) is 21.2. The van der Waals surface area contributed by atoms with Gasteiger partial charge in [-0.05, 0) is 41.3 Å². The second-order valence-corrected chi connectivity index (χ2v) is 8.96. The predicted molar refractivity (Wildman–Crippen MR) is 128 cm³/mol. The van der Waals surface area contributed by atoms with Crippen molar-refractivity contribution >= 4 is 5.69 Å². The van der Waals surface area contributed by atoms with E-state index in [1.807, 2.05) is 0 Å². The molecule has 29 heavy (non-hydrogen) atoms. The van der Waals surface area contributed by atoms with E-state index in [4.69, 9.17) is 0 Å². The molecule has 1 aliphatic heterocycles. The number of hydrogen-bond donors (Lipinski definition) is 0. The summed E-state index contributed by atoms with van der Waals surface area (Å²) in [5.74, 6) is 0. The molecule has 0 atom stereocenters. The first-order chi connectivity index (χ1) is 13.7. The molecule has 1 aliphatic rings. The van der Waals surface area contributed by atoms with Gasteiger partial charge in [-0.3, -0.25) is 0 Å². The van der Waals surface area contributed by atoms with Crippen LogP contribution in [-0.2, 0) is 10.8 Å². The van der Waals surface area contributed by atoms with Crippen molar-refractivity contribution in [2.24, 2.45) is 0 Å². The van der Waals surface area contributed by atoms with Crippen molar-refractivity contribution in [1.29, 1.82) is 0 Å². The number of rotatable bonds is 5. The molecule has 0 N–H and O–H groups in total. The summed E-state index contributed by atoms with van der Waals surface area (Å²) in [7, 11) is 2.15. The van der Waals surface area contributed by atoms with E-state index < -0.39 is 0 Å². The molecule has 1 heterocycles. The highest BCUT2D eigenvalue weighted by molar-refractivity contribution is 5.70. The summed E-state index contributed by atoms with van der Waals surface area (Å²) in [6, 6.07) is 17.2. The first-order valence-electron chi connectivity index (χ1n) is 10.3. The minimum Gasteiger partial charge on any atom is -0.347 e. The zero-order valence-corrected chi connectivity index (χ0v) is 18.7. The molecule has 0 spiro atoms. The summed E-state index contributed by atoms with van der Waals surface area (Å²) in [6.45, 7) is 15.6. The first-order valence-corrected chi connectivity index (χ1v) is 10.3. The lowest BCUT2D eigenvalue weighted by Crippen LogP contribution is -2.22. The minimum absolute atomic E-state index is 0.00974. The molecule has 0 saturated carbocycles. The summed E-state index contributed by atoms with van der Waals surface area (Å²) in [5, 5.41) is 0. The van der Waals surface area contributed by atoms with Crippen LogP contribution in [0.2, 0.25) is 0 Å². The van der Waals surface area contributed by atoms with Crippen LogP contribution in [0.4, 0.5) is 5.69 Å². The lowest BCUT2D eigenvalue weighted by Gasteiger charge is -2.28. The summed E-state index contributed by atoms with van der Waals surface area (Å²) < 4.78 is 0. The Bertz CT molecular complexity index is 998. The maximum Gasteiger partial charge on any atom is 0.0447 e. The van der Waals surface area contributed by atoms with Crippen molar-refractivity contribution in [1.82, 2.24) is 0 Å². The third kappa shape index (κ3) is 3.87. The Kier molecular flexibility index (Phi) is 5.71. The molecule has 0 aliphatic carbocycles. The fraction of sp³-hybridized carbons (Fsp3) is 0.286. The van der Waals surface area contributed by atoms with Crippen molar-refractivity contribution in [2.75, 3.05) is 11.9 Å². The monoisotopic (exact) mass is 383 g/mol. The van der Waals surface area contributed by atoms with Crippen LogP contribution in [0.3, 0.4) is 0 Å². The van der Waals surface area contributed by atoms with Gasteiger partial charge in [-0.1, -0.05) is 101 Å². The van der Waals surface area contributed by atoms with Crippen LogP contribution in [0.25, 0.3) is 0 Å². The lowest BCUT2D eigenvalue weighted by molar-refractivity contribution is 0.637. The topological polar surface area (TPSA) is 3.24 Å². The molecule has 1 heteroatoms. The standard InChI is InChI=1S/C28H33N/c1-21-15-11-12-17-23(21)27(3,4)22(2)16-9-8-10-20-26-28(5,6)24-18-13-14-19-25(24)29(26)7/h8-20H,2H2,1,3-7H3/b10-8+,16-9+,26-20+. The fourth-order valence-corrected chi connectivity index (χ4v) is 4.34. The molecule has 0 radical (unpaired) electrons. The number of fused-ring (bicyclic) bond motifs is 1. The smallest absolute Gasteiger partial charge is 0.0447 e. The molecule has 2 aromatic rings. The highest BCUT2D eigenvalue weighted by Crippen LogP contribution is 2.46. The van der Waals surface area contributed by atoms with E-state index in [2.05, 4.69) is 132 Å².